The first kappa shape index (κ1) is 11.0. The van der Waals surface area contributed by atoms with Crippen LogP contribution in [0.4, 0.5) is 0 Å². The Kier molecular flexibility index (Phi) is 5.35. The van der Waals surface area contributed by atoms with Crippen LogP contribution >= 0.6 is 0 Å². The molecular formula is C10H23N3. The summed E-state index contributed by atoms with van der Waals surface area (Å²) < 4.78 is 0. The number of rotatable bonds is 5. The first-order valence-corrected chi connectivity index (χ1v) is 5.51. The van der Waals surface area contributed by atoms with E-state index >= 15 is 0 Å². The summed E-state index contributed by atoms with van der Waals surface area (Å²) in [6.07, 6.45) is 3.54. The lowest BCUT2D eigenvalue weighted by Crippen LogP contribution is -2.44. The maximum absolute atomic E-state index is 5.96. The van der Waals surface area contributed by atoms with E-state index < -0.39 is 0 Å². The minimum absolute atomic E-state index is 0.417. The van der Waals surface area contributed by atoms with Crippen LogP contribution in [0.15, 0.2) is 0 Å². The first-order valence-electron chi connectivity index (χ1n) is 5.51. The van der Waals surface area contributed by atoms with Crippen LogP contribution in [0.1, 0.15) is 26.2 Å². The number of hydrogen-bond donors (Lipinski definition) is 2. The van der Waals surface area contributed by atoms with Gasteiger partial charge < -0.3 is 16.0 Å². The Labute approximate surface area is 81.7 Å². The number of hydrogen-bond acceptors (Lipinski definition) is 3. The van der Waals surface area contributed by atoms with Crippen molar-refractivity contribution in [3.8, 4) is 0 Å². The van der Waals surface area contributed by atoms with Gasteiger partial charge in [0.25, 0.3) is 0 Å². The molecule has 0 aromatic heterocycles. The van der Waals surface area contributed by atoms with Crippen molar-refractivity contribution in [2.45, 2.75) is 32.2 Å². The molecule has 0 radical (unpaired) electrons. The molecule has 0 spiro atoms. The summed E-state index contributed by atoms with van der Waals surface area (Å²) >= 11 is 0. The van der Waals surface area contributed by atoms with Crippen molar-refractivity contribution < 1.29 is 0 Å². The van der Waals surface area contributed by atoms with Crippen LogP contribution in [0.25, 0.3) is 0 Å². The van der Waals surface area contributed by atoms with Gasteiger partial charge in [0.15, 0.2) is 0 Å². The maximum Gasteiger partial charge on any atom is 0.0107 e. The van der Waals surface area contributed by atoms with Crippen molar-refractivity contribution in [1.29, 1.82) is 0 Å². The molecule has 78 valence electrons. The zero-order valence-electron chi connectivity index (χ0n) is 8.76. The van der Waals surface area contributed by atoms with Gasteiger partial charge in [0.1, 0.15) is 0 Å². The second kappa shape index (κ2) is 6.35. The Morgan fingerprint density at radius 1 is 1.31 bits per heavy atom. The largest absolute Gasteiger partial charge is 0.328 e. The molecule has 0 amide bonds. The van der Waals surface area contributed by atoms with Crippen LogP contribution in [0.5, 0.6) is 0 Å². The topological polar surface area (TPSA) is 41.3 Å². The lowest BCUT2D eigenvalue weighted by Gasteiger charge is -2.28. The Morgan fingerprint density at radius 2 is 2.00 bits per heavy atom. The minimum atomic E-state index is 0.417. The van der Waals surface area contributed by atoms with Crippen LogP contribution in [0, 0.1) is 0 Å². The Hall–Kier alpha value is -0.120. The second-order valence-corrected chi connectivity index (χ2v) is 3.93. The number of nitrogens with two attached hydrogens (primary N) is 1. The van der Waals surface area contributed by atoms with Crippen LogP contribution in [-0.4, -0.2) is 43.7 Å². The van der Waals surface area contributed by atoms with Gasteiger partial charge in [-0.3, -0.25) is 0 Å². The van der Waals surface area contributed by atoms with E-state index in [1.807, 2.05) is 0 Å². The molecule has 1 fully saturated rings. The molecule has 3 heteroatoms. The summed E-state index contributed by atoms with van der Waals surface area (Å²) in [7, 11) is 0. The van der Waals surface area contributed by atoms with Gasteiger partial charge >= 0.3 is 0 Å². The summed E-state index contributed by atoms with van der Waals surface area (Å²) in [6.45, 7) is 8.05. The van der Waals surface area contributed by atoms with Crippen LogP contribution < -0.4 is 11.1 Å². The third-order valence-corrected chi connectivity index (χ3v) is 2.69. The smallest absolute Gasteiger partial charge is 0.0107 e. The quantitative estimate of drug-likeness (QED) is 0.652. The molecule has 1 aliphatic rings. The fourth-order valence-electron chi connectivity index (χ4n) is 1.80. The molecule has 0 aromatic rings. The molecule has 0 bridgehead atoms. The Morgan fingerprint density at radius 3 is 2.62 bits per heavy atom. The zero-order chi connectivity index (χ0) is 9.52. The molecule has 1 atom stereocenters. The second-order valence-electron chi connectivity index (χ2n) is 3.93. The molecule has 3 nitrogen and oxygen atoms in total. The molecule has 1 saturated heterocycles. The maximum atomic E-state index is 5.96. The standard InChI is InChI=1S/C10H23N3/c1-2-3-10(11)4-7-13-8-5-12-6-9-13/h10,12H,2-9,11H2,1H3. The Balaban J connectivity index is 2.03. The normalized spacial score (nSPS) is 21.7. The van der Waals surface area contributed by atoms with Crippen LogP contribution in [-0.2, 0) is 0 Å². The van der Waals surface area contributed by atoms with Gasteiger partial charge in [0.2, 0.25) is 0 Å². The average molecular weight is 185 g/mol. The van der Waals surface area contributed by atoms with E-state index in [0.717, 1.165) is 19.5 Å². The summed E-state index contributed by atoms with van der Waals surface area (Å²) in [5.74, 6) is 0. The van der Waals surface area contributed by atoms with Gasteiger partial charge in [-0.25, -0.2) is 0 Å². The fraction of sp³-hybridized carbons (Fsp3) is 1.00. The van der Waals surface area contributed by atoms with Gasteiger partial charge in [-0.2, -0.15) is 0 Å². The molecular weight excluding hydrogens is 162 g/mol. The van der Waals surface area contributed by atoms with E-state index in [-0.39, 0.29) is 0 Å². The summed E-state index contributed by atoms with van der Waals surface area (Å²) in [5.41, 5.74) is 5.96. The molecule has 1 heterocycles. The third kappa shape index (κ3) is 4.60. The molecule has 3 N–H and O–H groups in total. The highest BCUT2D eigenvalue weighted by atomic mass is 15.2. The van der Waals surface area contributed by atoms with E-state index in [4.69, 9.17) is 5.73 Å². The summed E-state index contributed by atoms with van der Waals surface area (Å²) in [6, 6.07) is 0.417. The van der Waals surface area contributed by atoms with Crippen molar-refractivity contribution in [3.05, 3.63) is 0 Å². The van der Waals surface area contributed by atoms with E-state index in [1.54, 1.807) is 0 Å². The van der Waals surface area contributed by atoms with E-state index in [9.17, 15) is 0 Å². The predicted octanol–water partition coefficient (Wildman–Crippen LogP) is 0.409. The molecule has 0 aliphatic carbocycles. The monoisotopic (exact) mass is 185 g/mol. The van der Waals surface area contributed by atoms with Gasteiger partial charge in [0.05, 0.1) is 0 Å². The highest BCUT2D eigenvalue weighted by molar-refractivity contribution is 4.70. The molecule has 1 aliphatic heterocycles. The number of piperazine rings is 1. The van der Waals surface area contributed by atoms with E-state index in [2.05, 4.69) is 17.1 Å². The minimum Gasteiger partial charge on any atom is -0.328 e. The average Bonchev–Trinajstić information content (AvgIpc) is 2.17. The zero-order valence-corrected chi connectivity index (χ0v) is 8.76. The van der Waals surface area contributed by atoms with Crippen molar-refractivity contribution in [2.24, 2.45) is 5.73 Å². The first-order chi connectivity index (χ1) is 6.33. The molecule has 1 unspecified atom stereocenters. The van der Waals surface area contributed by atoms with Crippen LogP contribution in [0.3, 0.4) is 0 Å². The van der Waals surface area contributed by atoms with Crippen molar-refractivity contribution in [1.82, 2.24) is 10.2 Å². The highest BCUT2D eigenvalue weighted by Crippen LogP contribution is 2.01. The SMILES string of the molecule is CCCC(N)CCN1CCNCC1. The fourth-order valence-corrected chi connectivity index (χ4v) is 1.80. The van der Waals surface area contributed by atoms with Crippen LogP contribution in [0.2, 0.25) is 0 Å². The summed E-state index contributed by atoms with van der Waals surface area (Å²) in [5, 5.41) is 3.35. The van der Waals surface area contributed by atoms with Gasteiger partial charge in [-0.15, -0.1) is 0 Å². The Bertz CT molecular complexity index is 121. The highest BCUT2D eigenvalue weighted by Gasteiger charge is 2.10. The van der Waals surface area contributed by atoms with Gasteiger partial charge in [-0.1, -0.05) is 13.3 Å². The van der Waals surface area contributed by atoms with E-state index in [1.165, 1.54) is 32.5 Å². The third-order valence-electron chi connectivity index (χ3n) is 2.69. The summed E-state index contributed by atoms with van der Waals surface area (Å²) in [4.78, 5) is 2.51. The predicted molar refractivity (Wildman–Crippen MR) is 56.8 cm³/mol. The van der Waals surface area contributed by atoms with Gasteiger partial charge in [0, 0.05) is 32.2 Å². The van der Waals surface area contributed by atoms with Crippen molar-refractivity contribution in [3.63, 3.8) is 0 Å². The van der Waals surface area contributed by atoms with Crippen molar-refractivity contribution >= 4 is 0 Å². The number of nitrogens with zero attached hydrogens (tertiary/aromatic N) is 1. The molecule has 0 aromatic carbocycles. The van der Waals surface area contributed by atoms with Crippen molar-refractivity contribution in [2.75, 3.05) is 32.7 Å². The van der Waals surface area contributed by atoms with E-state index in [0.29, 0.717) is 6.04 Å². The van der Waals surface area contributed by atoms with Gasteiger partial charge in [-0.05, 0) is 19.4 Å². The molecule has 1 rings (SSSR count). The lowest BCUT2D eigenvalue weighted by atomic mass is 10.1. The molecule has 0 saturated carbocycles. The number of nitrogens with one attached hydrogen (secondary N) is 1. The lowest BCUT2D eigenvalue weighted by molar-refractivity contribution is 0.231. The molecule has 13 heavy (non-hydrogen) atoms.